The van der Waals surface area contributed by atoms with E-state index in [1.807, 2.05) is 0 Å². The van der Waals surface area contributed by atoms with Gasteiger partial charge < -0.3 is 10.0 Å². The average molecular weight is 341 g/mol. The molecule has 2 nitrogen and oxygen atoms in total. The standard InChI is InChI=1S/C22H28FNO/c1-24(2)21-9-4-3-7-18(21)15-19-8-5-6-14-22(19,25)16-17-10-12-20(23)13-11-17/h3-4,7,9-13,19,25H,5-6,8,14-16H2,1-2H3. The minimum Gasteiger partial charge on any atom is -0.389 e. The fourth-order valence-corrected chi connectivity index (χ4v) is 4.16. The van der Waals surface area contributed by atoms with Gasteiger partial charge in [0.25, 0.3) is 0 Å². The van der Waals surface area contributed by atoms with Crippen LogP contribution in [0.3, 0.4) is 0 Å². The molecule has 0 bridgehead atoms. The van der Waals surface area contributed by atoms with Crippen LogP contribution in [0.15, 0.2) is 48.5 Å². The van der Waals surface area contributed by atoms with Crippen LogP contribution in [-0.4, -0.2) is 24.8 Å². The lowest BCUT2D eigenvalue weighted by Crippen LogP contribution is -2.43. The number of hydrogen-bond acceptors (Lipinski definition) is 2. The highest BCUT2D eigenvalue weighted by Gasteiger charge is 2.39. The van der Waals surface area contributed by atoms with E-state index in [9.17, 15) is 9.50 Å². The lowest BCUT2D eigenvalue weighted by molar-refractivity contribution is -0.0476. The van der Waals surface area contributed by atoms with Crippen LogP contribution in [0.2, 0.25) is 0 Å². The van der Waals surface area contributed by atoms with Crippen molar-refractivity contribution < 1.29 is 9.50 Å². The number of para-hydroxylation sites is 1. The van der Waals surface area contributed by atoms with E-state index in [2.05, 4.69) is 43.3 Å². The Bertz CT molecular complexity index is 697. The van der Waals surface area contributed by atoms with Gasteiger partial charge >= 0.3 is 0 Å². The molecule has 0 aromatic heterocycles. The van der Waals surface area contributed by atoms with E-state index in [1.54, 1.807) is 12.1 Å². The highest BCUT2D eigenvalue weighted by Crippen LogP contribution is 2.39. The van der Waals surface area contributed by atoms with Crippen molar-refractivity contribution in [1.29, 1.82) is 0 Å². The summed E-state index contributed by atoms with van der Waals surface area (Å²) in [6, 6.07) is 15.0. The first-order valence-corrected chi connectivity index (χ1v) is 9.20. The summed E-state index contributed by atoms with van der Waals surface area (Å²) in [5.41, 5.74) is 2.81. The third-order valence-corrected chi connectivity index (χ3v) is 5.54. The summed E-state index contributed by atoms with van der Waals surface area (Å²) in [4.78, 5) is 2.14. The van der Waals surface area contributed by atoms with E-state index in [0.717, 1.165) is 31.2 Å². The van der Waals surface area contributed by atoms with Crippen LogP contribution in [0.4, 0.5) is 10.1 Å². The number of rotatable bonds is 5. The van der Waals surface area contributed by atoms with Crippen LogP contribution in [0.1, 0.15) is 36.8 Å². The summed E-state index contributed by atoms with van der Waals surface area (Å²) in [6.07, 6.45) is 5.57. The van der Waals surface area contributed by atoms with Crippen molar-refractivity contribution in [3.63, 3.8) is 0 Å². The summed E-state index contributed by atoms with van der Waals surface area (Å²) in [6.45, 7) is 0. The van der Waals surface area contributed by atoms with Gasteiger partial charge in [0.2, 0.25) is 0 Å². The van der Waals surface area contributed by atoms with Crippen LogP contribution >= 0.6 is 0 Å². The van der Waals surface area contributed by atoms with Crippen LogP contribution in [-0.2, 0) is 12.8 Å². The molecule has 2 atom stereocenters. The van der Waals surface area contributed by atoms with Crippen molar-refractivity contribution in [2.75, 3.05) is 19.0 Å². The fourth-order valence-electron chi connectivity index (χ4n) is 4.16. The average Bonchev–Trinajstić information content (AvgIpc) is 2.59. The smallest absolute Gasteiger partial charge is 0.123 e. The molecule has 3 heteroatoms. The molecule has 2 aromatic carbocycles. The van der Waals surface area contributed by atoms with Crippen LogP contribution in [0.25, 0.3) is 0 Å². The Morgan fingerprint density at radius 1 is 1.08 bits per heavy atom. The molecular formula is C22H28FNO. The molecule has 134 valence electrons. The number of aliphatic hydroxyl groups is 1. The van der Waals surface area contributed by atoms with Gasteiger partial charge in [-0.15, -0.1) is 0 Å². The predicted octanol–water partition coefficient (Wildman–Crippen LogP) is 4.60. The molecule has 0 amide bonds. The molecule has 2 unspecified atom stereocenters. The molecule has 25 heavy (non-hydrogen) atoms. The van der Waals surface area contributed by atoms with Gasteiger partial charge in [0.05, 0.1) is 5.60 Å². The van der Waals surface area contributed by atoms with E-state index in [-0.39, 0.29) is 11.7 Å². The highest BCUT2D eigenvalue weighted by molar-refractivity contribution is 5.52. The molecule has 1 aliphatic carbocycles. The van der Waals surface area contributed by atoms with Gasteiger partial charge in [0.15, 0.2) is 0 Å². The van der Waals surface area contributed by atoms with E-state index >= 15 is 0 Å². The highest BCUT2D eigenvalue weighted by atomic mass is 19.1. The topological polar surface area (TPSA) is 23.5 Å². The fraction of sp³-hybridized carbons (Fsp3) is 0.455. The van der Waals surface area contributed by atoms with Crippen molar-refractivity contribution in [3.05, 3.63) is 65.5 Å². The molecule has 1 aliphatic rings. The quantitative estimate of drug-likeness (QED) is 0.859. The number of anilines is 1. The molecule has 0 spiro atoms. The summed E-state index contributed by atoms with van der Waals surface area (Å²) < 4.78 is 13.2. The number of benzene rings is 2. The van der Waals surface area contributed by atoms with Crippen LogP contribution in [0.5, 0.6) is 0 Å². The van der Waals surface area contributed by atoms with Gasteiger partial charge in [-0.3, -0.25) is 0 Å². The van der Waals surface area contributed by atoms with Gasteiger partial charge in [-0.2, -0.15) is 0 Å². The van der Waals surface area contributed by atoms with E-state index in [1.165, 1.54) is 29.8 Å². The minimum absolute atomic E-state index is 0.226. The Kier molecular flexibility index (Phi) is 5.43. The van der Waals surface area contributed by atoms with Crippen molar-refractivity contribution in [2.45, 2.75) is 44.1 Å². The third kappa shape index (κ3) is 4.21. The Labute approximate surface area is 150 Å². The molecule has 1 saturated carbocycles. The Morgan fingerprint density at radius 2 is 1.80 bits per heavy atom. The lowest BCUT2D eigenvalue weighted by atomic mass is 9.70. The zero-order valence-electron chi connectivity index (χ0n) is 15.2. The predicted molar refractivity (Wildman–Crippen MR) is 101 cm³/mol. The van der Waals surface area contributed by atoms with Gasteiger partial charge in [-0.25, -0.2) is 4.39 Å². The van der Waals surface area contributed by atoms with E-state index in [4.69, 9.17) is 0 Å². The molecule has 0 radical (unpaired) electrons. The monoisotopic (exact) mass is 341 g/mol. The first-order valence-electron chi connectivity index (χ1n) is 9.20. The third-order valence-electron chi connectivity index (χ3n) is 5.54. The summed E-state index contributed by atoms with van der Waals surface area (Å²) in [5.74, 6) is 0.00301. The Morgan fingerprint density at radius 3 is 2.52 bits per heavy atom. The molecule has 3 rings (SSSR count). The molecular weight excluding hydrogens is 313 g/mol. The van der Waals surface area contributed by atoms with Crippen LogP contribution < -0.4 is 4.90 Å². The number of nitrogens with zero attached hydrogens (tertiary/aromatic N) is 1. The summed E-state index contributed by atoms with van der Waals surface area (Å²) in [5, 5.41) is 11.4. The summed E-state index contributed by atoms with van der Waals surface area (Å²) in [7, 11) is 4.12. The maximum Gasteiger partial charge on any atom is 0.123 e. The zero-order valence-corrected chi connectivity index (χ0v) is 15.2. The second-order valence-corrected chi connectivity index (χ2v) is 7.58. The Hall–Kier alpha value is -1.87. The van der Waals surface area contributed by atoms with E-state index in [0.29, 0.717) is 6.42 Å². The molecule has 2 aromatic rings. The van der Waals surface area contributed by atoms with Crippen molar-refractivity contribution in [1.82, 2.24) is 0 Å². The normalized spacial score (nSPS) is 23.4. The van der Waals surface area contributed by atoms with Gasteiger partial charge in [0, 0.05) is 26.2 Å². The van der Waals surface area contributed by atoms with Gasteiger partial charge in [-0.1, -0.05) is 43.2 Å². The largest absolute Gasteiger partial charge is 0.389 e. The number of hydrogen-bond donors (Lipinski definition) is 1. The van der Waals surface area contributed by atoms with Crippen LogP contribution in [0, 0.1) is 11.7 Å². The zero-order chi connectivity index (χ0) is 17.9. The van der Waals surface area contributed by atoms with Gasteiger partial charge in [0.1, 0.15) is 5.82 Å². The van der Waals surface area contributed by atoms with E-state index < -0.39 is 5.60 Å². The first-order chi connectivity index (χ1) is 12.0. The second-order valence-electron chi connectivity index (χ2n) is 7.58. The maximum atomic E-state index is 13.2. The minimum atomic E-state index is -0.713. The number of halogens is 1. The first kappa shape index (κ1) is 17.9. The SMILES string of the molecule is CN(C)c1ccccc1CC1CCCCC1(O)Cc1ccc(F)cc1. The molecule has 0 aliphatic heterocycles. The Balaban J connectivity index is 1.82. The van der Waals surface area contributed by atoms with Crippen molar-refractivity contribution in [2.24, 2.45) is 5.92 Å². The maximum absolute atomic E-state index is 13.2. The lowest BCUT2D eigenvalue weighted by Gasteiger charge is -2.41. The van der Waals surface area contributed by atoms with Crippen molar-refractivity contribution >= 4 is 5.69 Å². The van der Waals surface area contributed by atoms with Gasteiger partial charge in [-0.05, 0) is 54.5 Å². The summed E-state index contributed by atoms with van der Waals surface area (Å²) >= 11 is 0. The molecule has 1 fully saturated rings. The molecule has 1 N–H and O–H groups in total. The second kappa shape index (κ2) is 7.57. The molecule has 0 saturated heterocycles. The van der Waals surface area contributed by atoms with Crippen molar-refractivity contribution in [3.8, 4) is 0 Å². The molecule has 0 heterocycles.